The summed E-state index contributed by atoms with van der Waals surface area (Å²) >= 11 is 0. The Kier molecular flexibility index (Phi) is 5.09. The molecule has 0 fully saturated rings. The number of hydrogen-bond acceptors (Lipinski definition) is 3. The molecule has 2 aromatic carbocycles. The zero-order valence-electron chi connectivity index (χ0n) is 12.9. The van der Waals surface area contributed by atoms with Crippen molar-refractivity contribution in [3.8, 4) is 5.75 Å². The van der Waals surface area contributed by atoms with Gasteiger partial charge in [0.25, 0.3) is 0 Å². The van der Waals surface area contributed by atoms with Crippen LogP contribution in [0.25, 0.3) is 0 Å². The molecule has 2 aromatic rings. The highest BCUT2D eigenvalue weighted by molar-refractivity contribution is 5.37. The van der Waals surface area contributed by atoms with Crippen molar-refractivity contribution in [2.24, 2.45) is 5.73 Å². The number of ether oxygens (including phenoxy) is 1. The molecule has 0 saturated carbocycles. The van der Waals surface area contributed by atoms with Crippen molar-refractivity contribution in [2.75, 3.05) is 19.6 Å². The number of nitrogens with zero attached hydrogens (tertiary/aromatic N) is 1. The lowest BCUT2D eigenvalue weighted by Crippen LogP contribution is -2.35. The Labute approximate surface area is 132 Å². The molecule has 1 aliphatic rings. The van der Waals surface area contributed by atoms with Gasteiger partial charge < -0.3 is 10.5 Å². The van der Waals surface area contributed by atoms with Gasteiger partial charge in [-0.25, -0.2) is 0 Å². The van der Waals surface area contributed by atoms with Crippen LogP contribution in [-0.4, -0.2) is 30.6 Å². The van der Waals surface area contributed by atoms with E-state index in [1.54, 1.807) is 0 Å². The molecule has 0 amide bonds. The Balaban J connectivity index is 1.61. The van der Waals surface area contributed by atoms with Crippen LogP contribution in [-0.2, 0) is 13.0 Å². The van der Waals surface area contributed by atoms with E-state index in [4.69, 9.17) is 10.5 Å². The van der Waals surface area contributed by atoms with Gasteiger partial charge in [0.15, 0.2) is 0 Å². The molecule has 1 heterocycles. The molecule has 0 aliphatic carbocycles. The molecule has 1 atom stereocenters. The molecule has 0 saturated heterocycles. The Morgan fingerprint density at radius 1 is 1.05 bits per heavy atom. The van der Waals surface area contributed by atoms with Gasteiger partial charge >= 0.3 is 0 Å². The van der Waals surface area contributed by atoms with E-state index in [0.717, 1.165) is 44.8 Å². The average molecular weight is 296 g/mol. The van der Waals surface area contributed by atoms with Crippen molar-refractivity contribution in [3.63, 3.8) is 0 Å². The fraction of sp³-hybridized carbons (Fsp3) is 0.368. The summed E-state index contributed by atoms with van der Waals surface area (Å²) in [7, 11) is 0. The van der Waals surface area contributed by atoms with Crippen LogP contribution < -0.4 is 10.5 Å². The summed E-state index contributed by atoms with van der Waals surface area (Å²) in [5, 5.41) is 0. The van der Waals surface area contributed by atoms with Crippen LogP contribution in [0.3, 0.4) is 0 Å². The highest BCUT2D eigenvalue weighted by Gasteiger charge is 2.24. The Hall–Kier alpha value is -1.84. The van der Waals surface area contributed by atoms with Crippen molar-refractivity contribution in [1.29, 1.82) is 0 Å². The minimum absolute atomic E-state index is 0.249. The van der Waals surface area contributed by atoms with Crippen LogP contribution in [0.4, 0.5) is 0 Å². The normalized spacial score (nSPS) is 16.5. The van der Waals surface area contributed by atoms with E-state index in [0.29, 0.717) is 0 Å². The highest BCUT2D eigenvalue weighted by Crippen LogP contribution is 2.28. The van der Waals surface area contributed by atoms with E-state index in [1.165, 1.54) is 11.1 Å². The SMILES string of the molecule is NCCCN(Cc1ccccc1)CC1Cc2ccccc2O1. The van der Waals surface area contributed by atoms with Gasteiger partial charge in [-0.15, -0.1) is 0 Å². The summed E-state index contributed by atoms with van der Waals surface area (Å²) < 4.78 is 6.08. The Morgan fingerprint density at radius 2 is 1.82 bits per heavy atom. The lowest BCUT2D eigenvalue weighted by Gasteiger charge is -2.25. The minimum Gasteiger partial charge on any atom is -0.488 e. The van der Waals surface area contributed by atoms with Crippen molar-refractivity contribution in [1.82, 2.24) is 4.90 Å². The molecular formula is C19H24N2O. The van der Waals surface area contributed by atoms with Gasteiger partial charge in [-0.1, -0.05) is 48.5 Å². The lowest BCUT2D eigenvalue weighted by molar-refractivity contribution is 0.145. The van der Waals surface area contributed by atoms with Crippen LogP contribution >= 0.6 is 0 Å². The summed E-state index contributed by atoms with van der Waals surface area (Å²) in [4.78, 5) is 2.46. The quantitative estimate of drug-likeness (QED) is 0.854. The lowest BCUT2D eigenvalue weighted by atomic mass is 10.1. The topological polar surface area (TPSA) is 38.5 Å². The fourth-order valence-corrected chi connectivity index (χ4v) is 3.04. The smallest absolute Gasteiger partial charge is 0.123 e. The first-order valence-corrected chi connectivity index (χ1v) is 8.06. The van der Waals surface area contributed by atoms with Crippen molar-refractivity contribution in [3.05, 3.63) is 65.7 Å². The number of nitrogens with two attached hydrogens (primary N) is 1. The van der Waals surface area contributed by atoms with Gasteiger partial charge in [0, 0.05) is 19.5 Å². The second-order valence-electron chi connectivity index (χ2n) is 5.91. The summed E-state index contributed by atoms with van der Waals surface area (Å²) in [6.45, 7) is 3.65. The fourth-order valence-electron chi connectivity index (χ4n) is 3.04. The second-order valence-corrected chi connectivity index (χ2v) is 5.91. The first-order valence-electron chi connectivity index (χ1n) is 8.06. The van der Waals surface area contributed by atoms with Gasteiger partial charge in [-0.05, 0) is 36.7 Å². The third-order valence-electron chi connectivity index (χ3n) is 4.10. The van der Waals surface area contributed by atoms with Crippen LogP contribution in [0.2, 0.25) is 0 Å². The molecule has 0 aromatic heterocycles. The third-order valence-corrected chi connectivity index (χ3v) is 4.10. The predicted molar refractivity (Wildman–Crippen MR) is 90.0 cm³/mol. The zero-order valence-corrected chi connectivity index (χ0v) is 12.9. The van der Waals surface area contributed by atoms with Gasteiger partial charge in [0.2, 0.25) is 0 Å². The predicted octanol–water partition coefficient (Wildman–Crippen LogP) is 2.84. The highest BCUT2D eigenvalue weighted by atomic mass is 16.5. The molecule has 3 rings (SSSR count). The number of hydrogen-bond donors (Lipinski definition) is 1. The minimum atomic E-state index is 0.249. The first kappa shape index (κ1) is 15.1. The van der Waals surface area contributed by atoms with Crippen LogP contribution in [0.5, 0.6) is 5.75 Å². The summed E-state index contributed by atoms with van der Waals surface area (Å²) in [6, 6.07) is 19.0. The zero-order chi connectivity index (χ0) is 15.2. The summed E-state index contributed by atoms with van der Waals surface area (Å²) in [5.74, 6) is 1.05. The molecular weight excluding hydrogens is 272 g/mol. The van der Waals surface area contributed by atoms with Gasteiger partial charge in [-0.3, -0.25) is 4.90 Å². The van der Waals surface area contributed by atoms with Crippen molar-refractivity contribution >= 4 is 0 Å². The number of benzene rings is 2. The van der Waals surface area contributed by atoms with Crippen LogP contribution in [0, 0.1) is 0 Å². The van der Waals surface area contributed by atoms with Gasteiger partial charge in [0.1, 0.15) is 11.9 Å². The third kappa shape index (κ3) is 3.87. The van der Waals surface area contributed by atoms with E-state index in [1.807, 2.05) is 6.07 Å². The van der Waals surface area contributed by atoms with E-state index in [2.05, 4.69) is 53.4 Å². The van der Waals surface area contributed by atoms with Crippen LogP contribution in [0.1, 0.15) is 17.5 Å². The molecule has 0 spiro atoms. The molecule has 22 heavy (non-hydrogen) atoms. The number of fused-ring (bicyclic) bond motifs is 1. The molecule has 0 radical (unpaired) electrons. The van der Waals surface area contributed by atoms with E-state index < -0.39 is 0 Å². The number of para-hydroxylation sites is 1. The van der Waals surface area contributed by atoms with Crippen LogP contribution in [0.15, 0.2) is 54.6 Å². The Bertz CT molecular complexity index is 560. The second kappa shape index (κ2) is 7.43. The standard InChI is InChI=1S/C19H24N2O/c20-11-6-12-21(14-16-7-2-1-3-8-16)15-18-13-17-9-4-5-10-19(17)22-18/h1-5,7-10,18H,6,11-15,20H2. The van der Waals surface area contributed by atoms with Gasteiger partial charge in [0.05, 0.1) is 0 Å². The Morgan fingerprint density at radius 3 is 2.59 bits per heavy atom. The van der Waals surface area contributed by atoms with Crippen molar-refractivity contribution < 1.29 is 4.74 Å². The first-order chi connectivity index (χ1) is 10.8. The number of rotatable bonds is 7. The molecule has 0 bridgehead atoms. The van der Waals surface area contributed by atoms with E-state index in [9.17, 15) is 0 Å². The summed E-state index contributed by atoms with van der Waals surface area (Å²) in [5.41, 5.74) is 8.36. The van der Waals surface area contributed by atoms with E-state index >= 15 is 0 Å². The molecule has 116 valence electrons. The van der Waals surface area contributed by atoms with Gasteiger partial charge in [-0.2, -0.15) is 0 Å². The average Bonchev–Trinajstić information content (AvgIpc) is 2.96. The van der Waals surface area contributed by atoms with Crippen molar-refractivity contribution in [2.45, 2.75) is 25.5 Å². The molecule has 3 nitrogen and oxygen atoms in total. The monoisotopic (exact) mass is 296 g/mol. The maximum absolute atomic E-state index is 6.08. The molecule has 1 unspecified atom stereocenters. The molecule has 3 heteroatoms. The largest absolute Gasteiger partial charge is 0.488 e. The summed E-state index contributed by atoms with van der Waals surface area (Å²) in [6.07, 6.45) is 2.27. The van der Waals surface area contributed by atoms with E-state index in [-0.39, 0.29) is 6.10 Å². The molecule has 1 aliphatic heterocycles. The molecule has 2 N–H and O–H groups in total. The maximum atomic E-state index is 6.08. The maximum Gasteiger partial charge on any atom is 0.123 e.